The lowest BCUT2D eigenvalue weighted by atomic mass is 10.0. The van der Waals surface area contributed by atoms with Gasteiger partial charge in [0.2, 0.25) is 5.91 Å². The number of halogens is 1. The molecule has 1 fully saturated rings. The molecule has 1 heterocycles. The first-order valence-corrected chi connectivity index (χ1v) is 9.38. The SMILES string of the molecule is NC(=O)[C@H]1CCCCN1C(=O)COC(=O)CSc1ccc(Br)cc1. The normalized spacial score (nSPS) is 17.4. The van der Waals surface area contributed by atoms with E-state index in [4.69, 9.17) is 10.5 Å². The smallest absolute Gasteiger partial charge is 0.316 e. The molecule has 1 saturated heterocycles. The molecule has 0 radical (unpaired) electrons. The Balaban J connectivity index is 1.77. The van der Waals surface area contributed by atoms with Gasteiger partial charge in [0.15, 0.2) is 6.61 Å². The summed E-state index contributed by atoms with van der Waals surface area (Å²) in [5, 5.41) is 0. The summed E-state index contributed by atoms with van der Waals surface area (Å²) in [6.45, 7) is 0.112. The third-order valence-electron chi connectivity index (χ3n) is 3.68. The van der Waals surface area contributed by atoms with Gasteiger partial charge in [-0.25, -0.2) is 0 Å². The van der Waals surface area contributed by atoms with E-state index in [1.54, 1.807) is 0 Å². The summed E-state index contributed by atoms with van der Waals surface area (Å²) in [4.78, 5) is 37.7. The average molecular weight is 415 g/mol. The molecule has 0 spiro atoms. The van der Waals surface area contributed by atoms with Crippen LogP contribution in [0.3, 0.4) is 0 Å². The second-order valence-corrected chi connectivity index (χ2v) is 7.37. The van der Waals surface area contributed by atoms with Gasteiger partial charge in [-0.05, 0) is 43.5 Å². The summed E-state index contributed by atoms with van der Waals surface area (Å²) in [6.07, 6.45) is 2.25. The van der Waals surface area contributed by atoms with Crippen LogP contribution in [0.1, 0.15) is 19.3 Å². The molecule has 1 atom stereocenters. The zero-order valence-corrected chi connectivity index (χ0v) is 15.5. The molecule has 24 heavy (non-hydrogen) atoms. The number of thioether (sulfide) groups is 1. The van der Waals surface area contributed by atoms with E-state index in [1.165, 1.54) is 16.7 Å². The summed E-state index contributed by atoms with van der Waals surface area (Å²) >= 11 is 4.68. The van der Waals surface area contributed by atoms with E-state index < -0.39 is 17.9 Å². The number of ether oxygens (including phenoxy) is 1. The number of nitrogens with zero attached hydrogens (tertiary/aromatic N) is 1. The Bertz CT molecular complexity index is 609. The largest absolute Gasteiger partial charge is 0.455 e. The van der Waals surface area contributed by atoms with Crippen molar-refractivity contribution in [3.63, 3.8) is 0 Å². The van der Waals surface area contributed by atoms with Gasteiger partial charge in [-0.3, -0.25) is 14.4 Å². The minimum atomic E-state index is -0.595. The minimum Gasteiger partial charge on any atom is -0.455 e. The molecule has 0 aliphatic carbocycles. The number of carbonyl (C=O) groups excluding carboxylic acids is 3. The van der Waals surface area contributed by atoms with Crippen molar-refractivity contribution in [2.45, 2.75) is 30.2 Å². The number of carbonyl (C=O) groups is 3. The van der Waals surface area contributed by atoms with Crippen LogP contribution in [0.2, 0.25) is 0 Å². The Labute approximate surface area is 153 Å². The molecule has 2 amide bonds. The van der Waals surface area contributed by atoms with E-state index in [1.807, 2.05) is 24.3 Å². The van der Waals surface area contributed by atoms with Crippen LogP contribution in [0.4, 0.5) is 0 Å². The van der Waals surface area contributed by atoms with Gasteiger partial charge >= 0.3 is 5.97 Å². The maximum atomic E-state index is 12.2. The van der Waals surface area contributed by atoms with Crippen LogP contribution >= 0.6 is 27.7 Å². The summed E-state index contributed by atoms with van der Waals surface area (Å²) in [7, 11) is 0. The van der Waals surface area contributed by atoms with Gasteiger partial charge in [0.25, 0.3) is 5.91 Å². The Morgan fingerprint density at radius 2 is 1.96 bits per heavy atom. The fourth-order valence-electron chi connectivity index (χ4n) is 2.47. The number of benzene rings is 1. The number of rotatable bonds is 6. The van der Waals surface area contributed by atoms with Crippen LogP contribution in [0, 0.1) is 0 Å². The highest BCUT2D eigenvalue weighted by Gasteiger charge is 2.30. The van der Waals surface area contributed by atoms with Crippen LogP contribution in [-0.2, 0) is 19.1 Å². The third-order valence-corrected chi connectivity index (χ3v) is 5.19. The highest BCUT2D eigenvalue weighted by Crippen LogP contribution is 2.21. The molecule has 1 aliphatic rings. The van der Waals surface area contributed by atoms with E-state index in [0.29, 0.717) is 13.0 Å². The fourth-order valence-corrected chi connectivity index (χ4v) is 3.43. The molecule has 1 aliphatic heterocycles. The van der Waals surface area contributed by atoms with Gasteiger partial charge in [-0.2, -0.15) is 0 Å². The standard InChI is InChI=1S/C16H19BrN2O4S/c17-11-4-6-12(7-5-11)24-10-15(21)23-9-14(20)19-8-2-1-3-13(19)16(18)22/h4-7,13H,1-3,8-10H2,(H2,18,22)/t13-/m1/s1. The van der Waals surface area contributed by atoms with Crippen LogP contribution in [0.5, 0.6) is 0 Å². The Morgan fingerprint density at radius 1 is 1.25 bits per heavy atom. The van der Waals surface area contributed by atoms with E-state index in [-0.39, 0.29) is 18.3 Å². The van der Waals surface area contributed by atoms with Crippen molar-refractivity contribution in [1.29, 1.82) is 0 Å². The number of piperidine rings is 1. The zero-order chi connectivity index (χ0) is 17.5. The topological polar surface area (TPSA) is 89.7 Å². The highest BCUT2D eigenvalue weighted by atomic mass is 79.9. The lowest BCUT2D eigenvalue weighted by Gasteiger charge is -2.33. The summed E-state index contributed by atoms with van der Waals surface area (Å²) < 4.78 is 5.98. The van der Waals surface area contributed by atoms with E-state index in [9.17, 15) is 14.4 Å². The Kier molecular flexibility index (Phi) is 7.11. The number of esters is 1. The van der Waals surface area contributed by atoms with E-state index in [0.717, 1.165) is 22.2 Å². The summed E-state index contributed by atoms with van der Waals surface area (Å²) in [6, 6.07) is 6.95. The quantitative estimate of drug-likeness (QED) is 0.567. The minimum absolute atomic E-state index is 0.119. The lowest BCUT2D eigenvalue weighted by molar-refractivity contribution is -0.153. The van der Waals surface area contributed by atoms with Gasteiger partial charge in [0.05, 0.1) is 5.75 Å². The van der Waals surface area contributed by atoms with E-state index in [2.05, 4.69) is 15.9 Å². The van der Waals surface area contributed by atoms with Gasteiger partial charge in [-0.15, -0.1) is 11.8 Å². The van der Waals surface area contributed by atoms with Crippen molar-refractivity contribution in [2.24, 2.45) is 5.73 Å². The maximum absolute atomic E-state index is 12.2. The first kappa shape index (κ1) is 18.8. The van der Waals surface area contributed by atoms with Crippen LogP contribution in [0.25, 0.3) is 0 Å². The number of hydrogen-bond acceptors (Lipinski definition) is 5. The van der Waals surface area contributed by atoms with Gasteiger partial charge in [0.1, 0.15) is 6.04 Å². The molecule has 0 bridgehead atoms. The van der Waals surface area contributed by atoms with Crippen molar-refractivity contribution in [3.05, 3.63) is 28.7 Å². The van der Waals surface area contributed by atoms with Gasteiger partial charge in [0, 0.05) is 15.9 Å². The van der Waals surface area contributed by atoms with Crippen LogP contribution in [-0.4, -0.2) is 47.6 Å². The average Bonchev–Trinajstić information content (AvgIpc) is 2.59. The van der Waals surface area contributed by atoms with Crippen molar-refractivity contribution in [2.75, 3.05) is 18.9 Å². The molecule has 6 nitrogen and oxygen atoms in total. The monoisotopic (exact) mass is 414 g/mol. The van der Waals surface area contributed by atoms with Gasteiger partial charge in [-0.1, -0.05) is 15.9 Å². The molecular formula is C16H19BrN2O4S. The van der Waals surface area contributed by atoms with Crippen molar-refractivity contribution in [1.82, 2.24) is 4.90 Å². The molecule has 2 rings (SSSR count). The number of likely N-dealkylation sites (tertiary alicyclic amines) is 1. The predicted molar refractivity (Wildman–Crippen MR) is 94.4 cm³/mol. The molecule has 130 valence electrons. The predicted octanol–water partition coefficient (Wildman–Crippen LogP) is 1.95. The lowest BCUT2D eigenvalue weighted by Crippen LogP contribution is -2.51. The molecule has 1 aromatic rings. The molecule has 2 N–H and O–H groups in total. The zero-order valence-electron chi connectivity index (χ0n) is 13.1. The highest BCUT2D eigenvalue weighted by molar-refractivity contribution is 9.10. The molecule has 1 aromatic carbocycles. The Morgan fingerprint density at radius 3 is 2.62 bits per heavy atom. The summed E-state index contributed by atoms with van der Waals surface area (Å²) in [5.41, 5.74) is 5.33. The number of nitrogens with two attached hydrogens (primary N) is 1. The van der Waals surface area contributed by atoms with Crippen molar-refractivity contribution in [3.8, 4) is 0 Å². The molecule has 0 saturated carbocycles. The first-order valence-electron chi connectivity index (χ1n) is 7.60. The van der Waals surface area contributed by atoms with Crippen molar-refractivity contribution < 1.29 is 19.1 Å². The Hall–Kier alpha value is -1.54. The number of amides is 2. The molecule has 0 aromatic heterocycles. The first-order chi connectivity index (χ1) is 11.5. The van der Waals surface area contributed by atoms with Crippen LogP contribution in [0.15, 0.2) is 33.6 Å². The molecular weight excluding hydrogens is 396 g/mol. The second kappa shape index (κ2) is 9.08. The van der Waals surface area contributed by atoms with Crippen LogP contribution < -0.4 is 5.73 Å². The van der Waals surface area contributed by atoms with E-state index >= 15 is 0 Å². The van der Waals surface area contributed by atoms with Gasteiger partial charge < -0.3 is 15.4 Å². The third kappa shape index (κ3) is 5.52. The van der Waals surface area contributed by atoms with Crippen molar-refractivity contribution >= 4 is 45.5 Å². The molecule has 0 unspecified atom stereocenters. The second-order valence-electron chi connectivity index (χ2n) is 5.40. The maximum Gasteiger partial charge on any atom is 0.316 e. The number of hydrogen-bond donors (Lipinski definition) is 1. The number of primary amides is 1. The fraction of sp³-hybridized carbons (Fsp3) is 0.438. The summed E-state index contributed by atoms with van der Waals surface area (Å²) in [5.74, 6) is -1.24. The molecule has 8 heteroatoms.